The third-order valence-corrected chi connectivity index (χ3v) is 3.76. The Balaban J connectivity index is 2.06. The van der Waals surface area contributed by atoms with E-state index < -0.39 is 5.82 Å². The first-order valence-corrected chi connectivity index (χ1v) is 6.31. The Hall–Kier alpha value is -1.25. The highest BCUT2D eigenvalue weighted by Crippen LogP contribution is 2.31. The van der Waals surface area contributed by atoms with Crippen molar-refractivity contribution in [3.8, 4) is 5.75 Å². The van der Waals surface area contributed by atoms with Crippen LogP contribution in [0.15, 0.2) is 18.2 Å². The zero-order valence-electron chi connectivity index (χ0n) is 10.4. The maximum Gasteiger partial charge on any atom is 0.166 e. The van der Waals surface area contributed by atoms with Crippen LogP contribution in [0.4, 0.5) is 10.1 Å². The Morgan fingerprint density at radius 3 is 2.76 bits per heavy atom. The highest BCUT2D eigenvalue weighted by Gasteiger charge is 2.25. The van der Waals surface area contributed by atoms with Crippen LogP contribution >= 0.6 is 0 Å². The van der Waals surface area contributed by atoms with Gasteiger partial charge >= 0.3 is 0 Å². The molecule has 1 aromatic carbocycles. The molecule has 3 heteroatoms. The van der Waals surface area contributed by atoms with Crippen molar-refractivity contribution in [2.75, 3.05) is 5.32 Å². The minimum absolute atomic E-state index is 0.291. The minimum atomic E-state index is -0.563. The molecule has 0 heterocycles. The van der Waals surface area contributed by atoms with Gasteiger partial charge in [-0.25, -0.2) is 4.39 Å². The molecule has 1 fully saturated rings. The van der Waals surface area contributed by atoms with Crippen LogP contribution in [0.5, 0.6) is 5.75 Å². The molecular weight excluding hydrogens is 217 g/mol. The molecule has 3 unspecified atom stereocenters. The maximum absolute atomic E-state index is 13.2. The first kappa shape index (κ1) is 12.2. The van der Waals surface area contributed by atoms with Crippen LogP contribution in [-0.4, -0.2) is 11.1 Å². The van der Waals surface area contributed by atoms with Crippen molar-refractivity contribution in [1.82, 2.24) is 0 Å². The van der Waals surface area contributed by atoms with Gasteiger partial charge in [0.05, 0.1) is 0 Å². The molecule has 0 amide bonds. The summed E-state index contributed by atoms with van der Waals surface area (Å²) in [4.78, 5) is 0. The lowest BCUT2D eigenvalue weighted by Gasteiger charge is -2.34. The van der Waals surface area contributed by atoms with Crippen LogP contribution < -0.4 is 5.32 Å². The van der Waals surface area contributed by atoms with Crippen molar-refractivity contribution >= 4 is 5.69 Å². The van der Waals surface area contributed by atoms with Gasteiger partial charge in [0, 0.05) is 17.8 Å². The summed E-state index contributed by atoms with van der Waals surface area (Å²) in [7, 11) is 0. The number of phenolic OH excluding ortho intramolecular Hbond substituents is 1. The van der Waals surface area contributed by atoms with Crippen molar-refractivity contribution in [2.24, 2.45) is 11.8 Å². The van der Waals surface area contributed by atoms with E-state index >= 15 is 0 Å². The predicted molar refractivity (Wildman–Crippen MR) is 67.7 cm³/mol. The molecule has 1 saturated carbocycles. The van der Waals surface area contributed by atoms with E-state index in [1.54, 1.807) is 6.07 Å². The molecule has 0 bridgehead atoms. The number of hydrogen-bond acceptors (Lipinski definition) is 2. The first-order chi connectivity index (χ1) is 8.06. The van der Waals surface area contributed by atoms with Crippen molar-refractivity contribution in [2.45, 2.75) is 39.2 Å². The van der Waals surface area contributed by atoms with Gasteiger partial charge < -0.3 is 10.4 Å². The van der Waals surface area contributed by atoms with Crippen molar-refractivity contribution in [3.05, 3.63) is 24.0 Å². The quantitative estimate of drug-likeness (QED) is 0.767. The molecule has 2 N–H and O–H groups in total. The average molecular weight is 237 g/mol. The van der Waals surface area contributed by atoms with Crippen LogP contribution in [0.3, 0.4) is 0 Å². The molecule has 17 heavy (non-hydrogen) atoms. The molecule has 2 rings (SSSR count). The summed E-state index contributed by atoms with van der Waals surface area (Å²) in [5.41, 5.74) is 0.756. The van der Waals surface area contributed by atoms with Crippen molar-refractivity contribution < 1.29 is 9.50 Å². The SMILES string of the molecule is CC1CCC(C)C(Nc2ccc(O)c(F)c2)C1. The fourth-order valence-corrected chi connectivity index (χ4v) is 2.54. The zero-order chi connectivity index (χ0) is 12.4. The number of benzene rings is 1. The van der Waals surface area contributed by atoms with E-state index in [0.717, 1.165) is 18.0 Å². The summed E-state index contributed by atoms with van der Waals surface area (Å²) in [5.74, 6) is 0.487. The summed E-state index contributed by atoms with van der Waals surface area (Å²) in [6, 6.07) is 4.89. The molecule has 0 aliphatic heterocycles. The van der Waals surface area contributed by atoms with Gasteiger partial charge in [-0.1, -0.05) is 20.3 Å². The van der Waals surface area contributed by atoms with Crippen LogP contribution in [0.2, 0.25) is 0 Å². The molecule has 1 aliphatic rings. The number of anilines is 1. The molecule has 0 saturated heterocycles. The van der Waals surface area contributed by atoms with Crippen LogP contribution in [0.1, 0.15) is 33.1 Å². The summed E-state index contributed by atoms with van der Waals surface area (Å²) in [6.07, 6.45) is 3.63. The van der Waals surface area contributed by atoms with E-state index in [1.807, 2.05) is 0 Å². The molecule has 0 aromatic heterocycles. The fourth-order valence-electron chi connectivity index (χ4n) is 2.54. The zero-order valence-corrected chi connectivity index (χ0v) is 10.4. The van der Waals surface area contributed by atoms with E-state index in [4.69, 9.17) is 5.11 Å². The number of nitrogens with one attached hydrogen (secondary N) is 1. The minimum Gasteiger partial charge on any atom is -0.505 e. The molecule has 1 aliphatic carbocycles. The number of phenols is 1. The van der Waals surface area contributed by atoms with E-state index in [9.17, 15) is 4.39 Å². The Bertz CT molecular complexity index is 394. The van der Waals surface area contributed by atoms with Crippen molar-refractivity contribution in [3.63, 3.8) is 0 Å². The van der Waals surface area contributed by atoms with E-state index in [-0.39, 0.29) is 5.75 Å². The Kier molecular flexibility index (Phi) is 3.55. The summed E-state index contributed by atoms with van der Waals surface area (Å²) in [5, 5.41) is 12.5. The first-order valence-electron chi connectivity index (χ1n) is 6.31. The fraction of sp³-hybridized carbons (Fsp3) is 0.571. The molecule has 2 nitrogen and oxygen atoms in total. The Morgan fingerprint density at radius 2 is 2.06 bits per heavy atom. The normalized spacial score (nSPS) is 29.0. The second-order valence-electron chi connectivity index (χ2n) is 5.31. The van der Waals surface area contributed by atoms with Gasteiger partial charge in [-0.15, -0.1) is 0 Å². The standard InChI is InChI=1S/C14H20FNO/c1-9-3-4-10(2)13(7-9)16-11-5-6-14(17)12(15)8-11/h5-6,8-10,13,16-17H,3-4,7H2,1-2H3. The Morgan fingerprint density at radius 1 is 1.29 bits per heavy atom. The highest BCUT2D eigenvalue weighted by atomic mass is 19.1. The summed E-state index contributed by atoms with van der Waals surface area (Å²) in [6.45, 7) is 4.50. The summed E-state index contributed by atoms with van der Waals surface area (Å²) < 4.78 is 13.2. The van der Waals surface area contributed by atoms with Gasteiger partial charge in [0.15, 0.2) is 11.6 Å². The monoisotopic (exact) mass is 237 g/mol. The molecule has 94 valence electrons. The van der Waals surface area contributed by atoms with Crippen LogP contribution in [-0.2, 0) is 0 Å². The largest absolute Gasteiger partial charge is 0.505 e. The Labute approximate surface area is 102 Å². The topological polar surface area (TPSA) is 32.3 Å². The highest BCUT2D eigenvalue weighted by molar-refractivity contribution is 5.47. The van der Waals surface area contributed by atoms with Gasteiger partial charge in [0.2, 0.25) is 0 Å². The second kappa shape index (κ2) is 4.94. The number of rotatable bonds is 2. The average Bonchev–Trinajstić information content (AvgIpc) is 2.29. The van der Waals surface area contributed by atoms with Gasteiger partial charge in [-0.05, 0) is 36.8 Å². The molecule has 0 spiro atoms. The molecule has 1 aromatic rings. The van der Waals surface area contributed by atoms with Gasteiger partial charge in [0.1, 0.15) is 0 Å². The molecule has 0 radical (unpaired) electrons. The lowest BCUT2D eigenvalue weighted by Crippen LogP contribution is -2.33. The maximum atomic E-state index is 13.2. The lowest BCUT2D eigenvalue weighted by molar-refractivity contribution is 0.280. The molecular formula is C14H20FNO. The van der Waals surface area contributed by atoms with E-state index in [0.29, 0.717) is 12.0 Å². The smallest absolute Gasteiger partial charge is 0.166 e. The third-order valence-electron chi connectivity index (χ3n) is 3.76. The lowest BCUT2D eigenvalue weighted by atomic mass is 9.80. The number of aromatic hydroxyl groups is 1. The van der Waals surface area contributed by atoms with E-state index in [1.165, 1.54) is 25.0 Å². The van der Waals surface area contributed by atoms with Crippen LogP contribution in [0.25, 0.3) is 0 Å². The number of hydrogen-bond donors (Lipinski definition) is 2. The van der Waals surface area contributed by atoms with Gasteiger partial charge in [0.25, 0.3) is 0 Å². The second-order valence-corrected chi connectivity index (χ2v) is 5.31. The summed E-state index contributed by atoms with van der Waals surface area (Å²) >= 11 is 0. The van der Waals surface area contributed by atoms with E-state index in [2.05, 4.69) is 19.2 Å². The van der Waals surface area contributed by atoms with Crippen molar-refractivity contribution in [1.29, 1.82) is 0 Å². The van der Waals surface area contributed by atoms with Gasteiger partial charge in [-0.2, -0.15) is 0 Å². The van der Waals surface area contributed by atoms with Crippen LogP contribution in [0, 0.1) is 17.7 Å². The third kappa shape index (κ3) is 2.90. The predicted octanol–water partition coefficient (Wildman–Crippen LogP) is 3.77. The molecule has 3 atom stereocenters. The number of halogens is 1. The van der Waals surface area contributed by atoms with Gasteiger partial charge in [-0.3, -0.25) is 0 Å².